The van der Waals surface area contributed by atoms with E-state index < -0.39 is 0 Å². The number of guanidine groups is 1. The Morgan fingerprint density at radius 1 is 1.33 bits per heavy atom. The van der Waals surface area contributed by atoms with Crippen molar-refractivity contribution in [2.75, 3.05) is 14.2 Å². The molecular weight excluding hydrogens is 399 g/mol. The molecule has 2 aromatic heterocycles. The van der Waals surface area contributed by atoms with Crippen molar-refractivity contribution in [2.24, 2.45) is 4.99 Å². The van der Waals surface area contributed by atoms with Gasteiger partial charge < -0.3 is 15.4 Å². The molecule has 7 heteroatoms. The molecule has 0 spiro atoms. The summed E-state index contributed by atoms with van der Waals surface area (Å²) in [5.74, 6) is 1.39. The highest BCUT2D eigenvalue weighted by atomic mass is 127. The van der Waals surface area contributed by atoms with Crippen LogP contribution in [-0.4, -0.2) is 25.1 Å². The fourth-order valence-corrected chi connectivity index (χ4v) is 2.31. The van der Waals surface area contributed by atoms with Gasteiger partial charge in [0.1, 0.15) is 0 Å². The van der Waals surface area contributed by atoms with Gasteiger partial charge in [-0.15, -0.1) is 35.3 Å². The first-order valence-electron chi connectivity index (χ1n) is 6.27. The molecule has 0 radical (unpaired) electrons. The van der Waals surface area contributed by atoms with E-state index in [0.29, 0.717) is 12.4 Å². The second-order valence-electron chi connectivity index (χ2n) is 4.07. The van der Waals surface area contributed by atoms with Crippen LogP contribution in [0, 0.1) is 0 Å². The summed E-state index contributed by atoms with van der Waals surface area (Å²) < 4.78 is 5.10. The molecule has 21 heavy (non-hydrogen) atoms. The Bertz CT molecular complexity index is 560. The van der Waals surface area contributed by atoms with Gasteiger partial charge >= 0.3 is 0 Å². The van der Waals surface area contributed by atoms with Crippen LogP contribution in [0.3, 0.4) is 0 Å². The van der Waals surface area contributed by atoms with Gasteiger partial charge in [-0.05, 0) is 23.1 Å². The summed E-state index contributed by atoms with van der Waals surface area (Å²) in [7, 11) is 3.37. The molecule has 0 aromatic carbocycles. The van der Waals surface area contributed by atoms with E-state index in [4.69, 9.17) is 4.74 Å². The van der Waals surface area contributed by atoms with E-state index >= 15 is 0 Å². The number of ether oxygens (including phenoxy) is 1. The van der Waals surface area contributed by atoms with Gasteiger partial charge in [-0.3, -0.25) is 4.99 Å². The van der Waals surface area contributed by atoms with Crippen LogP contribution in [-0.2, 0) is 13.1 Å². The fourth-order valence-electron chi connectivity index (χ4n) is 1.66. The maximum atomic E-state index is 5.10. The SMILES string of the molecule is CN=C(NCc1ccnc(OC)c1)NCc1cccs1.I. The zero-order valence-corrected chi connectivity index (χ0v) is 15.1. The number of nitrogens with one attached hydrogen (secondary N) is 2. The number of nitrogens with zero attached hydrogens (tertiary/aromatic N) is 2. The molecule has 114 valence electrons. The number of pyridine rings is 1. The van der Waals surface area contributed by atoms with Crippen LogP contribution in [0.1, 0.15) is 10.4 Å². The Morgan fingerprint density at radius 2 is 2.14 bits per heavy atom. The predicted molar refractivity (Wildman–Crippen MR) is 97.6 cm³/mol. The van der Waals surface area contributed by atoms with E-state index in [9.17, 15) is 0 Å². The first-order valence-corrected chi connectivity index (χ1v) is 7.15. The summed E-state index contributed by atoms with van der Waals surface area (Å²) in [5.41, 5.74) is 1.09. The molecule has 2 N–H and O–H groups in total. The molecule has 5 nitrogen and oxygen atoms in total. The van der Waals surface area contributed by atoms with E-state index in [1.165, 1.54) is 4.88 Å². The van der Waals surface area contributed by atoms with Crippen LogP contribution in [0.2, 0.25) is 0 Å². The lowest BCUT2D eigenvalue weighted by molar-refractivity contribution is 0.397. The molecule has 2 rings (SSSR count). The van der Waals surface area contributed by atoms with Gasteiger partial charge in [-0.25, -0.2) is 4.98 Å². The number of hydrogen-bond acceptors (Lipinski definition) is 4. The highest BCUT2D eigenvalue weighted by Gasteiger charge is 2.01. The van der Waals surface area contributed by atoms with Gasteiger partial charge in [0, 0.05) is 30.7 Å². The van der Waals surface area contributed by atoms with Crippen LogP contribution in [0.5, 0.6) is 5.88 Å². The van der Waals surface area contributed by atoms with Crippen molar-refractivity contribution >= 4 is 41.3 Å². The average molecular weight is 418 g/mol. The van der Waals surface area contributed by atoms with E-state index in [1.54, 1.807) is 31.7 Å². The molecule has 0 aliphatic carbocycles. The molecule has 2 aromatic rings. The van der Waals surface area contributed by atoms with Crippen molar-refractivity contribution in [1.82, 2.24) is 15.6 Å². The van der Waals surface area contributed by atoms with Gasteiger partial charge in [0.05, 0.1) is 13.7 Å². The molecule has 0 aliphatic heterocycles. The van der Waals surface area contributed by atoms with Gasteiger partial charge in [-0.1, -0.05) is 6.07 Å². The van der Waals surface area contributed by atoms with Crippen LogP contribution in [0.4, 0.5) is 0 Å². The minimum absolute atomic E-state index is 0. The van der Waals surface area contributed by atoms with Crippen molar-refractivity contribution in [2.45, 2.75) is 13.1 Å². The Kier molecular flexibility index (Phi) is 8.06. The molecule has 0 fully saturated rings. The Labute approximate surface area is 145 Å². The monoisotopic (exact) mass is 418 g/mol. The summed E-state index contributed by atoms with van der Waals surface area (Å²) in [6.45, 7) is 1.44. The largest absolute Gasteiger partial charge is 0.481 e. The van der Waals surface area contributed by atoms with Gasteiger partial charge in [-0.2, -0.15) is 0 Å². The molecule has 0 atom stereocenters. The number of halogens is 1. The third-order valence-electron chi connectivity index (χ3n) is 2.70. The number of aliphatic imine (C=N–C) groups is 1. The minimum Gasteiger partial charge on any atom is -0.481 e. The summed E-state index contributed by atoms with van der Waals surface area (Å²) in [6.07, 6.45) is 1.73. The number of rotatable bonds is 5. The first kappa shape index (κ1) is 17.7. The standard InChI is InChI=1S/C14H18N4OS.HI/c1-15-14(18-10-12-4-3-7-20-12)17-9-11-5-6-16-13(8-11)19-2;/h3-8H,9-10H2,1-2H3,(H2,15,17,18);1H. The molecule has 2 heterocycles. The lowest BCUT2D eigenvalue weighted by atomic mass is 10.2. The van der Waals surface area contributed by atoms with Crippen molar-refractivity contribution in [1.29, 1.82) is 0 Å². The number of thiophene rings is 1. The first-order chi connectivity index (χ1) is 9.81. The molecular formula is C14H19IN4OS. The van der Waals surface area contributed by atoms with Crippen LogP contribution in [0.25, 0.3) is 0 Å². The Balaban J connectivity index is 0.00000220. The highest BCUT2D eigenvalue weighted by Crippen LogP contribution is 2.08. The predicted octanol–water partition coefficient (Wildman–Crippen LogP) is 2.63. The van der Waals surface area contributed by atoms with Gasteiger partial charge in [0.25, 0.3) is 0 Å². The summed E-state index contributed by atoms with van der Waals surface area (Å²) >= 11 is 1.72. The van der Waals surface area contributed by atoms with Crippen molar-refractivity contribution in [3.05, 3.63) is 46.3 Å². The fraction of sp³-hybridized carbons (Fsp3) is 0.286. The van der Waals surface area contributed by atoms with Crippen molar-refractivity contribution in [3.8, 4) is 5.88 Å². The quantitative estimate of drug-likeness (QED) is 0.446. The smallest absolute Gasteiger partial charge is 0.213 e. The van der Waals surface area contributed by atoms with Crippen molar-refractivity contribution < 1.29 is 4.74 Å². The topological polar surface area (TPSA) is 58.5 Å². The number of hydrogen-bond donors (Lipinski definition) is 2. The average Bonchev–Trinajstić information content (AvgIpc) is 3.01. The van der Waals surface area contributed by atoms with Crippen LogP contribution in [0.15, 0.2) is 40.8 Å². The van der Waals surface area contributed by atoms with Gasteiger partial charge in [0.2, 0.25) is 5.88 Å². The maximum Gasteiger partial charge on any atom is 0.213 e. The number of methoxy groups -OCH3 is 1. The van der Waals surface area contributed by atoms with Crippen molar-refractivity contribution in [3.63, 3.8) is 0 Å². The molecule has 0 aliphatic rings. The third kappa shape index (κ3) is 5.88. The molecule has 0 amide bonds. The zero-order chi connectivity index (χ0) is 14.2. The van der Waals surface area contributed by atoms with Gasteiger partial charge in [0.15, 0.2) is 5.96 Å². The molecule has 0 saturated carbocycles. The van der Waals surface area contributed by atoms with Crippen LogP contribution >= 0.6 is 35.3 Å². The third-order valence-corrected chi connectivity index (χ3v) is 3.58. The van der Waals surface area contributed by atoms with E-state index in [2.05, 4.69) is 32.1 Å². The maximum absolute atomic E-state index is 5.10. The lowest BCUT2D eigenvalue weighted by Gasteiger charge is -2.11. The Hall–Kier alpha value is -1.35. The van der Waals surface area contributed by atoms with E-state index in [0.717, 1.165) is 18.1 Å². The second-order valence-corrected chi connectivity index (χ2v) is 5.10. The van der Waals surface area contributed by atoms with E-state index in [1.807, 2.05) is 18.2 Å². The molecule has 0 unspecified atom stereocenters. The normalized spacial score (nSPS) is 10.7. The summed E-state index contributed by atoms with van der Waals surface area (Å²) in [5, 5.41) is 8.60. The lowest BCUT2D eigenvalue weighted by Crippen LogP contribution is -2.36. The molecule has 0 bridgehead atoms. The summed E-state index contributed by atoms with van der Waals surface area (Å²) in [6, 6.07) is 7.99. The number of aromatic nitrogens is 1. The Morgan fingerprint density at radius 3 is 2.81 bits per heavy atom. The second kappa shape index (κ2) is 9.56. The minimum atomic E-state index is 0. The molecule has 0 saturated heterocycles. The van der Waals surface area contributed by atoms with Crippen LogP contribution < -0.4 is 15.4 Å². The van der Waals surface area contributed by atoms with E-state index in [-0.39, 0.29) is 24.0 Å². The highest BCUT2D eigenvalue weighted by molar-refractivity contribution is 14.0. The summed E-state index contributed by atoms with van der Waals surface area (Å²) in [4.78, 5) is 9.55. The zero-order valence-electron chi connectivity index (χ0n) is 12.0.